The average molecular weight is 195 g/mol. The molecule has 2 N–H and O–H groups in total. The summed E-state index contributed by atoms with van der Waals surface area (Å²) in [4.78, 5) is 0. The summed E-state index contributed by atoms with van der Waals surface area (Å²) in [6.45, 7) is 4.46. The van der Waals surface area contributed by atoms with Crippen molar-refractivity contribution in [1.82, 2.24) is 10.2 Å². The van der Waals surface area contributed by atoms with Gasteiger partial charge in [0.05, 0.1) is 11.9 Å². The number of nitrogens with zero attached hydrogens (tertiary/aromatic N) is 1. The van der Waals surface area contributed by atoms with E-state index in [1.54, 1.807) is 0 Å². The number of unbranched alkanes of at least 4 members (excludes halogenated alkanes) is 3. The zero-order valence-corrected chi connectivity index (χ0v) is 9.21. The number of aromatic amines is 1. The van der Waals surface area contributed by atoms with Crippen LogP contribution in [0, 0.1) is 0 Å². The molecule has 1 aromatic rings. The normalized spacial score (nSPS) is 12.7. The van der Waals surface area contributed by atoms with Gasteiger partial charge in [0.25, 0.3) is 0 Å². The first-order valence-corrected chi connectivity index (χ1v) is 5.58. The predicted molar refractivity (Wildman–Crippen MR) is 60.4 cm³/mol. The Bertz CT molecular complexity index is 218. The highest BCUT2D eigenvalue weighted by Crippen LogP contribution is 2.10. The molecular formula is C11H21N3. The molecule has 0 amide bonds. The molecule has 14 heavy (non-hydrogen) atoms. The van der Waals surface area contributed by atoms with Crippen molar-refractivity contribution in [3.63, 3.8) is 0 Å². The largest absolute Gasteiger partial charge is 0.380 e. The lowest BCUT2D eigenvalue weighted by atomic mass is 10.1. The van der Waals surface area contributed by atoms with Gasteiger partial charge in [0.15, 0.2) is 0 Å². The lowest BCUT2D eigenvalue weighted by Crippen LogP contribution is -2.14. The van der Waals surface area contributed by atoms with E-state index in [9.17, 15) is 0 Å². The topological polar surface area (TPSA) is 40.7 Å². The van der Waals surface area contributed by atoms with E-state index in [2.05, 4.69) is 29.4 Å². The van der Waals surface area contributed by atoms with Gasteiger partial charge < -0.3 is 5.32 Å². The van der Waals surface area contributed by atoms with Crippen molar-refractivity contribution in [3.05, 3.63) is 12.4 Å². The van der Waals surface area contributed by atoms with Crippen LogP contribution in [0.3, 0.4) is 0 Å². The van der Waals surface area contributed by atoms with Gasteiger partial charge in [-0.2, -0.15) is 5.10 Å². The summed E-state index contributed by atoms with van der Waals surface area (Å²) < 4.78 is 0. The molecule has 0 aliphatic rings. The van der Waals surface area contributed by atoms with Crippen LogP contribution in [-0.2, 0) is 0 Å². The molecule has 3 nitrogen and oxygen atoms in total. The van der Waals surface area contributed by atoms with Crippen molar-refractivity contribution in [3.8, 4) is 0 Å². The molecule has 80 valence electrons. The molecule has 1 unspecified atom stereocenters. The average Bonchev–Trinajstić information content (AvgIpc) is 2.65. The van der Waals surface area contributed by atoms with Crippen molar-refractivity contribution in [1.29, 1.82) is 0 Å². The van der Waals surface area contributed by atoms with Crippen LogP contribution in [-0.4, -0.2) is 16.2 Å². The Morgan fingerprint density at radius 3 is 2.93 bits per heavy atom. The zero-order valence-electron chi connectivity index (χ0n) is 9.21. The molecule has 0 saturated heterocycles. The number of hydrogen-bond donors (Lipinski definition) is 2. The van der Waals surface area contributed by atoms with Crippen molar-refractivity contribution in [2.45, 2.75) is 52.0 Å². The van der Waals surface area contributed by atoms with Crippen molar-refractivity contribution < 1.29 is 0 Å². The summed E-state index contributed by atoms with van der Waals surface area (Å²) in [7, 11) is 0. The zero-order chi connectivity index (χ0) is 10.2. The third-order valence-electron chi connectivity index (χ3n) is 2.40. The van der Waals surface area contributed by atoms with Crippen molar-refractivity contribution in [2.24, 2.45) is 0 Å². The van der Waals surface area contributed by atoms with Crippen LogP contribution >= 0.6 is 0 Å². The molecule has 1 rings (SSSR count). The van der Waals surface area contributed by atoms with Crippen LogP contribution < -0.4 is 5.32 Å². The van der Waals surface area contributed by atoms with Crippen LogP contribution in [0.2, 0.25) is 0 Å². The fourth-order valence-electron chi connectivity index (χ4n) is 1.56. The molecule has 0 aliphatic carbocycles. The molecule has 0 radical (unpaired) electrons. The molecule has 1 aromatic heterocycles. The standard InChI is InChI=1S/C11H21N3/c1-3-4-5-6-7-10(2)14-11-8-12-13-9-11/h8-10,14H,3-7H2,1-2H3,(H,12,13). The maximum Gasteiger partial charge on any atom is 0.0725 e. The van der Waals surface area contributed by atoms with E-state index in [0.29, 0.717) is 6.04 Å². The molecule has 0 saturated carbocycles. The number of nitrogens with one attached hydrogen (secondary N) is 2. The van der Waals surface area contributed by atoms with E-state index in [4.69, 9.17) is 0 Å². The summed E-state index contributed by atoms with van der Waals surface area (Å²) in [5.74, 6) is 0. The first-order valence-electron chi connectivity index (χ1n) is 5.58. The monoisotopic (exact) mass is 195 g/mol. The van der Waals surface area contributed by atoms with Gasteiger partial charge in [-0.15, -0.1) is 0 Å². The summed E-state index contributed by atoms with van der Waals surface area (Å²) in [6, 6.07) is 0.546. The Balaban J connectivity index is 2.07. The van der Waals surface area contributed by atoms with Gasteiger partial charge in [0, 0.05) is 12.2 Å². The number of anilines is 1. The van der Waals surface area contributed by atoms with Crippen LogP contribution in [0.15, 0.2) is 12.4 Å². The third-order valence-corrected chi connectivity index (χ3v) is 2.40. The number of rotatable bonds is 7. The van der Waals surface area contributed by atoms with Crippen LogP contribution in [0.4, 0.5) is 5.69 Å². The highest BCUT2D eigenvalue weighted by Gasteiger charge is 2.01. The lowest BCUT2D eigenvalue weighted by Gasteiger charge is -2.12. The van der Waals surface area contributed by atoms with Crippen molar-refractivity contribution >= 4 is 5.69 Å². The highest BCUT2D eigenvalue weighted by atomic mass is 15.1. The second-order valence-corrected chi connectivity index (χ2v) is 3.88. The molecule has 1 atom stereocenters. The number of hydrogen-bond acceptors (Lipinski definition) is 2. The smallest absolute Gasteiger partial charge is 0.0725 e. The first kappa shape index (κ1) is 11.1. The van der Waals surface area contributed by atoms with Gasteiger partial charge >= 0.3 is 0 Å². The molecule has 0 fully saturated rings. The van der Waals surface area contributed by atoms with E-state index in [1.165, 1.54) is 32.1 Å². The van der Waals surface area contributed by atoms with E-state index in [-0.39, 0.29) is 0 Å². The van der Waals surface area contributed by atoms with Gasteiger partial charge in [-0.1, -0.05) is 32.6 Å². The van der Waals surface area contributed by atoms with Gasteiger partial charge in [-0.3, -0.25) is 5.10 Å². The molecule has 1 heterocycles. The Morgan fingerprint density at radius 2 is 2.29 bits per heavy atom. The minimum Gasteiger partial charge on any atom is -0.380 e. The van der Waals surface area contributed by atoms with E-state index in [0.717, 1.165) is 5.69 Å². The van der Waals surface area contributed by atoms with Gasteiger partial charge in [0.1, 0.15) is 0 Å². The Morgan fingerprint density at radius 1 is 1.43 bits per heavy atom. The number of H-pyrrole nitrogens is 1. The fourth-order valence-corrected chi connectivity index (χ4v) is 1.56. The minimum absolute atomic E-state index is 0.546. The van der Waals surface area contributed by atoms with Crippen LogP contribution in [0.25, 0.3) is 0 Å². The van der Waals surface area contributed by atoms with Crippen LogP contribution in [0.1, 0.15) is 46.0 Å². The third kappa shape index (κ3) is 4.30. The highest BCUT2D eigenvalue weighted by molar-refractivity contribution is 5.38. The summed E-state index contributed by atoms with van der Waals surface area (Å²) >= 11 is 0. The van der Waals surface area contributed by atoms with Crippen molar-refractivity contribution in [2.75, 3.05) is 5.32 Å². The SMILES string of the molecule is CCCCCCC(C)Nc1cn[nH]c1. The van der Waals surface area contributed by atoms with E-state index >= 15 is 0 Å². The second-order valence-electron chi connectivity index (χ2n) is 3.88. The lowest BCUT2D eigenvalue weighted by molar-refractivity contribution is 0.594. The molecule has 0 aliphatic heterocycles. The molecule has 0 aromatic carbocycles. The molecular weight excluding hydrogens is 174 g/mol. The maximum absolute atomic E-state index is 3.90. The van der Waals surface area contributed by atoms with E-state index in [1.807, 2.05) is 12.4 Å². The Hall–Kier alpha value is -0.990. The molecule has 0 spiro atoms. The molecule has 0 bridgehead atoms. The summed E-state index contributed by atoms with van der Waals surface area (Å²) in [5, 5.41) is 10.1. The number of aromatic nitrogens is 2. The van der Waals surface area contributed by atoms with Gasteiger partial charge in [0.2, 0.25) is 0 Å². The summed E-state index contributed by atoms with van der Waals surface area (Å²) in [5.41, 5.74) is 1.09. The Labute approximate surface area is 86.3 Å². The summed E-state index contributed by atoms with van der Waals surface area (Å²) in [6.07, 6.45) is 10.3. The maximum atomic E-state index is 3.90. The Kier molecular flexibility index (Phi) is 5.12. The van der Waals surface area contributed by atoms with E-state index < -0.39 is 0 Å². The minimum atomic E-state index is 0.546. The molecule has 3 heteroatoms. The second kappa shape index (κ2) is 6.46. The fraction of sp³-hybridized carbons (Fsp3) is 0.727. The quantitative estimate of drug-likeness (QED) is 0.656. The van der Waals surface area contributed by atoms with Gasteiger partial charge in [-0.25, -0.2) is 0 Å². The van der Waals surface area contributed by atoms with Gasteiger partial charge in [-0.05, 0) is 13.3 Å². The predicted octanol–water partition coefficient (Wildman–Crippen LogP) is 3.18. The first-order chi connectivity index (χ1) is 6.83. The van der Waals surface area contributed by atoms with Crippen LogP contribution in [0.5, 0.6) is 0 Å².